The molecule has 0 radical (unpaired) electrons. The molecule has 2 N–H and O–H groups in total. The number of carbonyl (C=O) groups is 3. The molecule has 2 fully saturated rings. The Hall–Kier alpha value is -4.54. The fourth-order valence-corrected chi connectivity index (χ4v) is 5.74. The molecule has 0 spiro atoms. The number of amides is 1. The number of rotatable bonds is 10. The van der Waals surface area contributed by atoms with Crippen LogP contribution in [0, 0.1) is 30.5 Å². The number of fused-ring (bicyclic) bond motifs is 1. The first-order chi connectivity index (χ1) is 20.1. The lowest BCUT2D eigenvalue weighted by Gasteiger charge is -2.21. The summed E-state index contributed by atoms with van der Waals surface area (Å²) in [6.45, 7) is 7.38. The molecule has 5 atom stereocenters. The molecule has 5 rings (SSSR count). The molecule has 5 unspecified atom stereocenters. The van der Waals surface area contributed by atoms with Gasteiger partial charge in [-0.1, -0.05) is 18.2 Å². The van der Waals surface area contributed by atoms with Gasteiger partial charge in [-0.2, -0.15) is 4.98 Å². The molecule has 42 heavy (non-hydrogen) atoms. The highest BCUT2D eigenvalue weighted by atomic mass is 19.1. The number of aromatic nitrogens is 2. The van der Waals surface area contributed by atoms with E-state index in [0.717, 1.165) is 5.56 Å². The van der Waals surface area contributed by atoms with Crippen LogP contribution < -0.4 is 14.8 Å². The highest BCUT2D eigenvalue weighted by molar-refractivity contribution is 5.94. The molecule has 220 valence electrons. The highest BCUT2D eigenvalue weighted by Crippen LogP contribution is 2.46. The number of carbonyl (C=O) groups excluding carboxylic acids is 2. The van der Waals surface area contributed by atoms with Crippen molar-refractivity contribution in [3.63, 3.8) is 0 Å². The zero-order valence-corrected chi connectivity index (χ0v) is 23.6. The number of aryl methyl sites for hydroxylation is 1. The zero-order valence-electron chi connectivity index (χ0n) is 23.6. The Kier molecular flexibility index (Phi) is 7.85. The van der Waals surface area contributed by atoms with Crippen LogP contribution in [-0.4, -0.2) is 58.3 Å². The standard InChI is InChI=1S/C31H32FN3O7/c1-5-18-15-31(18,30(39)41-6-2)35-27(36)22-13-20(14-23(22)29(37)38)42-28-21-10-11-24(40-4)16(3)25(21)33-26(34-28)17-8-7-9-19(32)12-17/h5,7-12,18,20,22-23H,1,6,13-15H2,2-4H3,(H,35,36)(H,37,38). The lowest BCUT2D eigenvalue weighted by atomic mass is 9.94. The number of halogens is 1. The van der Waals surface area contributed by atoms with E-state index < -0.39 is 47.1 Å². The number of ether oxygens (including phenoxy) is 3. The summed E-state index contributed by atoms with van der Waals surface area (Å²) in [7, 11) is 1.54. The van der Waals surface area contributed by atoms with Crippen molar-refractivity contribution in [1.29, 1.82) is 0 Å². The maximum atomic E-state index is 14.1. The van der Waals surface area contributed by atoms with Crippen LogP contribution in [0.5, 0.6) is 11.6 Å². The van der Waals surface area contributed by atoms with E-state index in [9.17, 15) is 23.9 Å². The van der Waals surface area contributed by atoms with Crippen molar-refractivity contribution in [3.05, 3.63) is 60.4 Å². The lowest BCUT2D eigenvalue weighted by Crippen LogP contribution is -2.49. The molecule has 10 nitrogen and oxygen atoms in total. The van der Waals surface area contributed by atoms with Gasteiger partial charge in [0.05, 0.1) is 36.5 Å². The number of carboxylic acids is 1. The second-order valence-corrected chi connectivity index (χ2v) is 10.6. The van der Waals surface area contributed by atoms with Crippen LogP contribution in [0.4, 0.5) is 4.39 Å². The topological polar surface area (TPSA) is 137 Å². The molecule has 0 aliphatic heterocycles. The molecule has 1 aromatic heterocycles. The molecule has 2 aliphatic rings. The van der Waals surface area contributed by atoms with Crippen molar-refractivity contribution in [1.82, 2.24) is 15.3 Å². The number of benzene rings is 2. The van der Waals surface area contributed by atoms with E-state index in [-0.39, 0.29) is 37.1 Å². The molecule has 1 heterocycles. The Labute approximate surface area is 241 Å². The second kappa shape index (κ2) is 11.4. The van der Waals surface area contributed by atoms with E-state index in [0.29, 0.717) is 28.6 Å². The van der Waals surface area contributed by atoms with E-state index in [2.05, 4.69) is 21.9 Å². The number of carboxylic acid groups (broad SMARTS) is 1. The third-order valence-electron chi connectivity index (χ3n) is 8.08. The molecular formula is C31H32FN3O7. The van der Waals surface area contributed by atoms with Gasteiger partial charge < -0.3 is 24.6 Å². The normalized spacial score (nSPS) is 24.6. The monoisotopic (exact) mass is 577 g/mol. The Morgan fingerprint density at radius 1 is 1.19 bits per heavy atom. The van der Waals surface area contributed by atoms with Crippen LogP contribution in [0.15, 0.2) is 49.1 Å². The average Bonchev–Trinajstić information content (AvgIpc) is 3.52. The van der Waals surface area contributed by atoms with Crippen molar-refractivity contribution in [2.24, 2.45) is 17.8 Å². The van der Waals surface area contributed by atoms with Crippen molar-refractivity contribution in [2.45, 2.75) is 44.8 Å². The van der Waals surface area contributed by atoms with Crippen LogP contribution >= 0.6 is 0 Å². The van der Waals surface area contributed by atoms with Gasteiger partial charge in [-0.15, -0.1) is 6.58 Å². The minimum Gasteiger partial charge on any atom is -0.496 e. The van der Waals surface area contributed by atoms with Crippen LogP contribution in [0.1, 0.15) is 31.7 Å². The third kappa shape index (κ3) is 5.26. The Morgan fingerprint density at radius 3 is 2.60 bits per heavy atom. The Balaban J connectivity index is 1.46. The largest absolute Gasteiger partial charge is 0.496 e. The van der Waals surface area contributed by atoms with Gasteiger partial charge in [0.1, 0.15) is 23.2 Å². The van der Waals surface area contributed by atoms with E-state index in [1.54, 1.807) is 44.4 Å². The van der Waals surface area contributed by atoms with Gasteiger partial charge in [-0.25, -0.2) is 14.2 Å². The lowest BCUT2D eigenvalue weighted by molar-refractivity contribution is -0.150. The molecule has 2 saturated carbocycles. The summed E-state index contributed by atoms with van der Waals surface area (Å²) in [5.74, 6) is -4.03. The smallest absolute Gasteiger partial charge is 0.332 e. The number of nitrogens with one attached hydrogen (secondary N) is 1. The van der Waals surface area contributed by atoms with Crippen molar-refractivity contribution < 1.29 is 38.1 Å². The predicted octanol–water partition coefficient (Wildman–Crippen LogP) is 4.24. The predicted molar refractivity (Wildman–Crippen MR) is 150 cm³/mol. The van der Waals surface area contributed by atoms with Crippen LogP contribution in [0.3, 0.4) is 0 Å². The van der Waals surface area contributed by atoms with E-state index in [1.165, 1.54) is 12.1 Å². The number of methoxy groups -OCH3 is 1. The molecule has 11 heteroatoms. The van der Waals surface area contributed by atoms with E-state index >= 15 is 0 Å². The van der Waals surface area contributed by atoms with Gasteiger partial charge in [0, 0.05) is 17.0 Å². The first-order valence-corrected chi connectivity index (χ1v) is 13.7. The fourth-order valence-electron chi connectivity index (χ4n) is 5.74. The van der Waals surface area contributed by atoms with Crippen molar-refractivity contribution in [3.8, 4) is 23.0 Å². The summed E-state index contributed by atoms with van der Waals surface area (Å²) in [6, 6.07) is 9.34. The van der Waals surface area contributed by atoms with Gasteiger partial charge in [0.2, 0.25) is 11.8 Å². The molecule has 0 bridgehead atoms. The zero-order chi connectivity index (χ0) is 30.2. The fraction of sp³-hybridized carbons (Fsp3) is 0.387. The molecular weight excluding hydrogens is 545 g/mol. The first kappa shape index (κ1) is 29.0. The summed E-state index contributed by atoms with van der Waals surface area (Å²) in [4.78, 5) is 47.6. The number of aliphatic carboxylic acids is 1. The summed E-state index contributed by atoms with van der Waals surface area (Å²) >= 11 is 0. The summed E-state index contributed by atoms with van der Waals surface area (Å²) in [5.41, 5.74) is 0.441. The Morgan fingerprint density at radius 2 is 1.95 bits per heavy atom. The number of nitrogens with zero attached hydrogens (tertiary/aromatic N) is 2. The molecule has 3 aromatic rings. The third-order valence-corrected chi connectivity index (χ3v) is 8.08. The molecule has 2 aromatic carbocycles. The number of hydrogen-bond donors (Lipinski definition) is 2. The SMILES string of the molecule is C=CC1CC1(NC(=O)C1CC(Oc2nc(-c3cccc(F)c3)nc3c(C)c(OC)ccc23)CC1C(=O)O)C(=O)OCC. The van der Waals surface area contributed by atoms with Crippen molar-refractivity contribution in [2.75, 3.05) is 13.7 Å². The van der Waals surface area contributed by atoms with Gasteiger partial charge >= 0.3 is 11.9 Å². The molecule has 2 aliphatic carbocycles. The summed E-state index contributed by atoms with van der Waals surface area (Å²) in [6.07, 6.45) is 1.36. The quantitative estimate of drug-likeness (QED) is 0.268. The summed E-state index contributed by atoms with van der Waals surface area (Å²) in [5, 5.41) is 13.3. The molecule has 1 amide bonds. The number of hydrogen-bond acceptors (Lipinski definition) is 8. The van der Waals surface area contributed by atoms with Crippen LogP contribution in [0.25, 0.3) is 22.3 Å². The summed E-state index contributed by atoms with van der Waals surface area (Å²) < 4.78 is 31.0. The minimum absolute atomic E-state index is 0.0423. The Bertz CT molecular complexity index is 1580. The second-order valence-electron chi connectivity index (χ2n) is 10.6. The van der Waals surface area contributed by atoms with Gasteiger partial charge in [-0.3, -0.25) is 9.59 Å². The average molecular weight is 578 g/mol. The van der Waals surface area contributed by atoms with E-state index in [4.69, 9.17) is 14.2 Å². The highest BCUT2D eigenvalue weighted by Gasteiger charge is 2.62. The van der Waals surface area contributed by atoms with Crippen LogP contribution in [-0.2, 0) is 19.1 Å². The molecule has 0 saturated heterocycles. The van der Waals surface area contributed by atoms with Crippen molar-refractivity contribution >= 4 is 28.7 Å². The maximum absolute atomic E-state index is 14.1. The van der Waals surface area contributed by atoms with Gasteiger partial charge in [-0.05, 0) is 57.4 Å². The first-order valence-electron chi connectivity index (χ1n) is 13.7. The minimum atomic E-state index is -1.24. The van der Waals surface area contributed by atoms with Gasteiger partial charge in [0.25, 0.3) is 0 Å². The number of esters is 1. The maximum Gasteiger partial charge on any atom is 0.332 e. The van der Waals surface area contributed by atoms with E-state index in [1.807, 2.05) is 6.92 Å². The van der Waals surface area contributed by atoms with Crippen LogP contribution in [0.2, 0.25) is 0 Å². The van der Waals surface area contributed by atoms with Gasteiger partial charge in [0.15, 0.2) is 5.82 Å².